The van der Waals surface area contributed by atoms with Crippen LogP contribution in [0.1, 0.15) is 10.4 Å². The molecular weight excluding hydrogens is 256 g/mol. The average Bonchev–Trinajstić information content (AvgIpc) is 2.46. The van der Waals surface area contributed by atoms with Gasteiger partial charge in [0.1, 0.15) is 0 Å². The Bertz CT molecular complexity index is 854. The molecular formula is C15H10N2O3. The number of carbonyl (C=O) groups is 1. The number of aromatic nitrogens is 1. The number of hydrogen-bond donors (Lipinski definition) is 1. The van der Waals surface area contributed by atoms with Crippen LogP contribution in [0, 0.1) is 0 Å². The van der Waals surface area contributed by atoms with E-state index in [0.717, 1.165) is 0 Å². The van der Waals surface area contributed by atoms with Crippen LogP contribution in [0.5, 0.6) is 0 Å². The minimum absolute atomic E-state index is 0.195. The second-order valence-electron chi connectivity index (χ2n) is 4.27. The lowest BCUT2D eigenvalue weighted by atomic mass is 10.1. The number of rotatable bonds is 2. The SMILES string of the molecule is NC(=O)c1cccc2cc(-c3ccncc3)c(=O)oc12. The summed E-state index contributed by atoms with van der Waals surface area (Å²) in [7, 11) is 0. The van der Waals surface area contributed by atoms with E-state index in [4.69, 9.17) is 10.2 Å². The van der Waals surface area contributed by atoms with Crippen LogP contribution in [0.25, 0.3) is 22.1 Å². The Morgan fingerprint density at radius 3 is 2.60 bits per heavy atom. The van der Waals surface area contributed by atoms with Crippen LogP contribution in [0.3, 0.4) is 0 Å². The number of benzene rings is 1. The number of nitrogens with two attached hydrogens (primary N) is 1. The molecule has 3 rings (SSSR count). The Balaban J connectivity index is 2.32. The monoisotopic (exact) mass is 266 g/mol. The molecule has 5 heteroatoms. The van der Waals surface area contributed by atoms with Gasteiger partial charge in [0, 0.05) is 17.8 Å². The quantitative estimate of drug-likeness (QED) is 0.718. The maximum Gasteiger partial charge on any atom is 0.344 e. The number of fused-ring (bicyclic) bond motifs is 1. The van der Waals surface area contributed by atoms with Crippen LogP contribution in [-0.2, 0) is 0 Å². The minimum atomic E-state index is -0.629. The summed E-state index contributed by atoms with van der Waals surface area (Å²) >= 11 is 0. The van der Waals surface area contributed by atoms with Crippen molar-refractivity contribution in [2.75, 3.05) is 0 Å². The Hall–Kier alpha value is -2.95. The fourth-order valence-electron chi connectivity index (χ4n) is 2.07. The first kappa shape index (κ1) is 12.1. The maximum absolute atomic E-state index is 12.1. The second kappa shape index (κ2) is 4.62. The fraction of sp³-hybridized carbons (Fsp3) is 0. The van der Waals surface area contributed by atoms with Crippen LogP contribution >= 0.6 is 0 Å². The first-order valence-electron chi connectivity index (χ1n) is 5.94. The van der Waals surface area contributed by atoms with E-state index in [2.05, 4.69) is 4.98 Å². The summed E-state index contributed by atoms with van der Waals surface area (Å²) < 4.78 is 5.26. The third-order valence-corrected chi connectivity index (χ3v) is 3.02. The Labute approximate surface area is 113 Å². The molecule has 0 saturated heterocycles. The highest BCUT2D eigenvalue weighted by Gasteiger charge is 2.12. The molecule has 98 valence electrons. The summed E-state index contributed by atoms with van der Waals surface area (Å²) in [6.45, 7) is 0. The van der Waals surface area contributed by atoms with Gasteiger partial charge in [-0.25, -0.2) is 4.79 Å². The van der Waals surface area contributed by atoms with Crippen molar-refractivity contribution in [2.45, 2.75) is 0 Å². The van der Waals surface area contributed by atoms with Gasteiger partial charge in [0.25, 0.3) is 5.91 Å². The van der Waals surface area contributed by atoms with E-state index in [1.807, 2.05) is 0 Å². The van der Waals surface area contributed by atoms with Crippen LogP contribution in [0.2, 0.25) is 0 Å². The summed E-state index contributed by atoms with van der Waals surface area (Å²) in [6.07, 6.45) is 3.19. The van der Waals surface area contributed by atoms with E-state index < -0.39 is 11.5 Å². The van der Waals surface area contributed by atoms with E-state index in [1.165, 1.54) is 6.07 Å². The first-order valence-corrected chi connectivity index (χ1v) is 5.94. The predicted octanol–water partition coefficient (Wildman–Crippen LogP) is 1.95. The summed E-state index contributed by atoms with van der Waals surface area (Å²) in [5.74, 6) is -0.629. The summed E-state index contributed by atoms with van der Waals surface area (Å²) in [5.41, 5.74) is 6.29. The normalized spacial score (nSPS) is 10.6. The van der Waals surface area contributed by atoms with Gasteiger partial charge < -0.3 is 10.2 Å². The molecule has 1 aromatic carbocycles. The topological polar surface area (TPSA) is 86.2 Å². The largest absolute Gasteiger partial charge is 0.421 e. The zero-order chi connectivity index (χ0) is 14.1. The molecule has 0 saturated carbocycles. The average molecular weight is 266 g/mol. The molecule has 0 bridgehead atoms. The molecule has 0 unspecified atom stereocenters. The summed E-state index contributed by atoms with van der Waals surface area (Å²) in [4.78, 5) is 27.3. The van der Waals surface area contributed by atoms with E-state index in [-0.39, 0.29) is 11.1 Å². The highest BCUT2D eigenvalue weighted by Crippen LogP contribution is 2.22. The number of pyridine rings is 1. The van der Waals surface area contributed by atoms with Crippen molar-refractivity contribution in [3.05, 3.63) is 64.8 Å². The number of nitrogens with zero attached hydrogens (tertiary/aromatic N) is 1. The Kier molecular flexibility index (Phi) is 2.80. The highest BCUT2D eigenvalue weighted by atomic mass is 16.4. The first-order chi connectivity index (χ1) is 9.66. The smallest absolute Gasteiger partial charge is 0.344 e. The molecule has 0 radical (unpaired) electrons. The molecule has 2 aromatic heterocycles. The van der Waals surface area contributed by atoms with Gasteiger partial charge in [-0.15, -0.1) is 0 Å². The van der Waals surface area contributed by atoms with Crippen molar-refractivity contribution in [1.82, 2.24) is 4.98 Å². The Morgan fingerprint density at radius 2 is 1.90 bits per heavy atom. The lowest BCUT2D eigenvalue weighted by Gasteiger charge is -2.04. The molecule has 1 amide bonds. The number of para-hydroxylation sites is 1. The molecule has 5 nitrogen and oxygen atoms in total. The molecule has 0 spiro atoms. The molecule has 2 heterocycles. The molecule has 20 heavy (non-hydrogen) atoms. The van der Waals surface area contributed by atoms with Crippen LogP contribution in [0.15, 0.2) is 58.0 Å². The standard InChI is InChI=1S/C15H10N2O3/c16-14(18)11-3-1-2-10-8-12(15(19)20-13(10)11)9-4-6-17-7-5-9/h1-8H,(H2,16,18). The van der Waals surface area contributed by atoms with Crippen molar-refractivity contribution in [3.63, 3.8) is 0 Å². The molecule has 0 aliphatic heterocycles. The fourth-order valence-corrected chi connectivity index (χ4v) is 2.07. The lowest BCUT2D eigenvalue weighted by molar-refractivity contribution is 0.100. The number of amides is 1. The van der Waals surface area contributed by atoms with Gasteiger partial charge >= 0.3 is 5.63 Å². The molecule has 0 fully saturated rings. The highest BCUT2D eigenvalue weighted by molar-refractivity contribution is 6.04. The van der Waals surface area contributed by atoms with Crippen molar-refractivity contribution in [1.29, 1.82) is 0 Å². The van der Waals surface area contributed by atoms with Crippen LogP contribution in [-0.4, -0.2) is 10.9 Å². The second-order valence-corrected chi connectivity index (χ2v) is 4.27. The lowest BCUT2D eigenvalue weighted by Crippen LogP contribution is -2.12. The summed E-state index contributed by atoms with van der Waals surface area (Å²) in [6, 6.07) is 10.1. The number of hydrogen-bond acceptors (Lipinski definition) is 4. The van der Waals surface area contributed by atoms with Crippen LogP contribution < -0.4 is 11.4 Å². The van der Waals surface area contributed by atoms with E-state index >= 15 is 0 Å². The van der Waals surface area contributed by atoms with Crippen molar-refractivity contribution >= 4 is 16.9 Å². The van der Waals surface area contributed by atoms with Crippen molar-refractivity contribution in [3.8, 4) is 11.1 Å². The molecule has 0 aliphatic carbocycles. The maximum atomic E-state index is 12.1. The number of primary amides is 1. The minimum Gasteiger partial charge on any atom is -0.421 e. The Morgan fingerprint density at radius 1 is 1.15 bits per heavy atom. The molecule has 2 N–H and O–H groups in total. The zero-order valence-electron chi connectivity index (χ0n) is 10.4. The van der Waals surface area contributed by atoms with Crippen LogP contribution in [0.4, 0.5) is 0 Å². The van der Waals surface area contributed by atoms with Gasteiger partial charge in [-0.3, -0.25) is 9.78 Å². The van der Waals surface area contributed by atoms with Gasteiger partial charge in [0.15, 0.2) is 5.58 Å². The zero-order valence-corrected chi connectivity index (χ0v) is 10.4. The van der Waals surface area contributed by atoms with E-state index in [9.17, 15) is 9.59 Å². The van der Waals surface area contributed by atoms with E-state index in [1.54, 1.807) is 42.7 Å². The van der Waals surface area contributed by atoms with Gasteiger partial charge in [-0.1, -0.05) is 12.1 Å². The molecule has 0 aliphatic rings. The third-order valence-electron chi connectivity index (χ3n) is 3.02. The van der Waals surface area contributed by atoms with Crippen molar-refractivity contribution < 1.29 is 9.21 Å². The molecule has 0 atom stereocenters. The van der Waals surface area contributed by atoms with E-state index in [0.29, 0.717) is 16.5 Å². The van der Waals surface area contributed by atoms with Gasteiger partial charge in [0.2, 0.25) is 0 Å². The summed E-state index contributed by atoms with van der Waals surface area (Å²) in [5, 5.41) is 0.646. The van der Waals surface area contributed by atoms with Gasteiger partial charge in [0.05, 0.1) is 11.1 Å². The van der Waals surface area contributed by atoms with Gasteiger partial charge in [-0.2, -0.15) is 0 Å². The van der Waals surface area contributed by atoms with Crippen molar-refractivity contribution in [2.24, 2.45) is 5.73 Å². The number of carbonyl (C=O) groups excluding carboxylic acids is 1. The molecule has 3 aromatic rings. The third kappa shape index (κ3) is 1.95. The van der Waals surface area contributed by atoms with Gasteiger partial charge in [-0.05, 0) is 29.8 Å². The predicted molar refractivity (Wildman–Crippen MR) is 74.2 cm³/mol.